The zero-order valence-corrected chi connectivity index (χ0v) is 21.3. The quantitative estimate of drug-likeness (QED) is 0.335. The highest BCUT2D eigenvalue weighted by atomic mass is 32.2. The maximum Gasteiger partial charge on any atom is 0.232 e. The van der Waals surface area contributed by atoms with E-state index in [2.05, 4.69) is 37.4 Å². The van der Waals surface area contributed by atoms with E-state index < -0.39 is 10.0 Å². The molecule has 1 aliphatic rings. The first-order valence-corrected chi connectivity index (χ1v) is 13.8. The molecule has 1 saturated heterocycles. The second-order valence-corrected chi connectivity index (χ2v) is 11.0. The lowest BCUT2D eigenvalue weighted by Crippen LogP contribution is -2.43. The number of nitrogens with zero attached hydrogens (tertiary/aromatic N) is 4. The van der Waals surface area contributed by atoms with Gasteiger partial charge in [0.25, 0.3) is 0 Å². The normalized spacial score (nSPS) is 14.2. The summed E-state index contributed by atoms with van der Waals surface area (Å²) in [6.07, 6.45) is 3.75. The highest BCUT2D eigenvalue weighted by molar-refractivity contribution is 7.92. The van der Waals surface area contributed by atoms with Gasteiger partial charge in [-0.15, -0.1) is 0 Å². The van der Waals surface area contributed by atoms with E-state index in [1.54, 1.807) is 13.1 Å². The topological polar surface area (TPSA) is 104 Å². The molecule has 4 aromatic rings. The van der Waals surface area contributed by atoms with Crippen molar-refractivity contribution in [1.82, 2.24) is 19.9 Å². The molecule has 36 heavy (non-hydrogen) atoms. The molecule has 0 amide bonds. The van der Waals surface area contributed by atoms with Gasteiger partial charge in [0.2, 0.25) is 16.0 Å². The van der Waals surface area contributed by atoms with Crippen LogP contribution in [0, 0.1) is 6.92 Å². The summed E-state index contributed by atoms with van der Waals surface area (Å²) in [5, 5.41) is 7.60. The first-order valence-electron chi connectivity index (χ1n) is 12.1. The van der Waals surface area contributed by atoms with Crippen LogP contribution >= 0.6 is 0 Å². The molecule has 9 nitrogen and oxygen atoms in total. The number of fused-ring (bicyclic) bond motifs is 1. The third-order valence-electron chi connectivity index (χ3n) is 6.35. The molecule has 188 valence electrons. The van der Waals surface area contributed by atoms with Crippen molar-refractivity contribution in [2.24, 2.45) is 0 Å². The van der Waals surface area contributed by atoms with Gasteiger partial charge in [-0.05, 0) is 55.8 Å². The van der Waals surface area contributed by atoms with Crippen LogP contribution in [0.15, 0.2) is 60.9 Å². The molecule has 10 heteroatoms. The van der Waals surface area contributed by atoms with Crippen LogP contribution in [-0.4, -0.2) is 54.9 Å². The van der Waals surface area contributed by atoms with Gasteiger partial charge in [-0.1, -0.05) is 17.7 Å². The first kappa shape index (κ1) is 24.1. The minimum absolute atomic E-state index is 0.0191. The summed E-state index contributed by atoms with van der Waals surface area (Å²) in [6.45, 7) is 8.11. The average molecular weight is 506 g/mol. The molecule has 1 fully saturated rings. The number of anilines is 4. The van der Waals surface area contributed by atoms with E-state index in [0.717, 1.165) is 54.0 Å². The molecular formula is C26H31N7O2S. The standard InChI is InChI=1S/C26H31N7O2S/c1-3-36(34,35)31-24-9-4-19(2)16-21(24)18-33-13-10-20-17-28-26(30-25(20)33)29-22-5-7-23(8-6-22)32-14-11-27-12-15-32/h4-10,13,16-17,27,31H,3,11-12,14-15,18H2,1-2H3,(H,28,29,30). The van der Waals surface area contributed by atoms with Crippen LogP contribution in [0.5, 0.6) is 0 Å². The molecule has 0 spiro atoms. The molecule has 0 bridgehead atoms. The minimum atomic E-state index is -3.38. The second kappa shape index (κ2) is 10.2. The van der Waals surface area contributed by atoms with Crippen LogP contribution in [0.4, 0.5) is 23.0 Å². The Bertz CT molecular complexity index is 1460. The largest absolute Gasteiger partial charge is 0.369 e. The van der Waals surface area contributed by atoms with E-state index in [-0.39, 0.29) is 5.75 Å². The van der Waals surface area contributed by atoms with Gasteiger partial charge in [0, 0.05) is 55.3 Å². The Balaban J connectivity index is 1.37. The van der Waals surface area contributed by atoms with Gasteiger partial charge in [-0.3, -0.25) is 4.72 Å². The van der Waals surface area contributed by atoms with Crippen molar-refractivity contribution in [2.75, 3.05) is 46.9 Å². The fourth-order valence-electron chi connectivity index (χ4n) is 4.34. The third-order valence-corrected chi connectivity index (χ3v) is 7.65. The molecular weight excluding hydrogens is 474 g/mol. The minimum Gasteiger partial charge on any atom is -0.369 e. The fraction of sp³-hybridized carbons (Fsp3) is 0.308. The summed E-state index contributed by atoms with van der Waals surface area (Å²) < 4.78 is 29.1. The number of hydrogen-bond donors (Lipinski definition) is 3. The Morgan fingerprint density at radius 3 is 2.58 bits per heavy atom. The van der Waals surface area contributed by atoms with Crippen molar-refractivity contribution in [3.05, 3.63) is 72.1 Å². The summed E-state index contributed by atoms with van der Waals surface area (Å²) in [7, 11) is -3.38. The molecule has 2 aromatic carbocycles. The molecule has 0 aliphatic carbocycles. The van der Waals surface area contributed by atoms with Crippen molar-refractivity contribution in [2.45, 2.75) is 20.4 Å². The van der Waals surface area contributed by atoms with E-state index in [1.807, 2.05) is 54.1 Å². The average Bonchev–Trinajstić information content (AvgIpc) is 3.28. The molecule has 2 aromatic heterocycles. The van der Waals surface area contributed by atoms with Crippen LogP contribution in [-0.2, 0) is 16.6 Å². The van der Waals surface area contributed by atoms with E-state index >= 15 is 0 Å². The summed E-state index contributed by atoms with van der Waals surface area (Å²) in [6, 6.07) is 16.0. The first-order chi connectivity index (χ1) is 17.4. The third kappa shape index (κ3) is 5.44. The number of aromatic nitrogens is 3. The van der Waals surface area contributed by atoms with Crippen LogP contribution in [0.1, 0.15) is 18.1 Å². The van der Waals surface area contributed by atoms with Gasteiger partial charge >= 0.3 is 0 Å². The van der Waals surface area contributed by atoms with Crippen LogP contribution < -0.4 is 20.3 Å². The van der Waals surface area contributed by atoms with Crippen molar-refractivity contribution >= 4 is 44.1 Å². The van der Waals surface area contributed by atoms with Gasteiger partial charge in [0.1, 0.15) is 5.65 Å². The van der Waals surface area contributed by atoms with Gasteiger partial charge < -0.3 is 20.1 Å². The van der Waals surface area contributed by atoms with Crippen molar-refractivity contribution < 1.29 is 8.42 Å². The predicted molar refractivity (Wildman–Crippen MR) is 146 cm³/mol. The van der Waals surface area contributed by atoms with Crippen molar-refractivity contribution in [3.63, 3.8) is 0 Å². The predicted octanol–water partition coefficient (Wildman–Crippen LogP) is 3.70. The van der Waals surface area contributed by atoms with Gasteiger partial charge in [-0.25, -0.2) is 13.4 Å². The molecule has 0 unspecified atom stereocenters. The highest BCUT2D eigenvalue weighted by Gasteiger charge is 2.14. The number of hydrogen-bond acceptors (Lipinski definition) is 7. The number of sulfonamides is 1. The Morgan fingerprint density at radius 1 is 1.06 bits per heavy atom. The molecule has 0 saturated carbocycles. The summed E-state index contributed by atoms with van der Waals surface area (Å²) in [4.78, 5) is 11.6. The number of nitrogens with one attached hydrogen (secondary N) is 3. The lowest BCUT2D eigenvalue weighted by Gasteiger charge is -2.29. The monoisotopic (exact) mass is 505 g/mol. The lowest BCUT2D eigenvalue weighted by atomic mass is 10.1. The summed E-state index contributed by atoms with van der Waals surface area (Å²) in [5.74, 6) is 0.527. The van der Waals surface area contributed by atoms with Crippen LogP contribution in [0.25, 0.3) is 11.0 Å². The zero-order valence-electron chi connectivity index (χ0n) is 20.5. The Morgan fingerprint density at radius 2 is 1.83 bits per heavy atom. The number of rotatable bonds is 8. The van der Waals surface area contributed by atoms with Crippen molar-refractivity contribution in [1.29, 1.82) is 0 Å². The Kier molecular flexibility index (Phi) is 6.80. The number of piperazine rings is 1. The van der Waals surface area contributed by atoms with E-state index in [0.29, 0.717) is 18.2 Å². The van der Waals surface area contributed by atoms with Crippen LogP contribution in [0.2, 0.25) is 0 Å². The molecule has 0 atom stereocenters. The number of aryl methyl sites for hydroxylation is 1. The second-order valence-electron chi connectivity index (χ2n) is 8.99. The van der Waals surface area contributed by atoms with Gasteiger partial charge in [0.15, 0.2) is 0 Å². The molecule has 3 heterocycles. The molecule has 1 aliphatic heterocycles. The van der Waals surface area contributed by atoms with Crippen LogP contribution in [0.3, 0.4) is 0 Å². The lowest BCUT2D eigenvalue weighted by molar-refractivity contribution is 0.589. The zero-order chi connectivity index (χ0) is 25.1. The van der Waals surface area contributed by atoms with E-state index in [9.17, 15) is 8.42 Å². The number of benzene rings is 2. The molecule has 5 rings (SSSR count). The van der Waals surface area contributed by atoms with Crippen molar-refractivity contribution in [3.8, 4) is 0 Å². The van der Waals surface area contributed by atoms with Gasteiger partial charge in [-0.2, -0.15) is 4.98 Å². The summed E-state index contributed by atoms with van der Waals surface area (Å²) >= 11 is 0. The highest BCUT2D eigenvalue weighted by Crippen LogP contribution is 2.24. The van der Waals surface area contributed by atoms with Gasteiger partial charge in [0.05, 0.1) is 18.0 Å². The van der Waals surface area contributed by atoms with E-state index in [1.165, 1.54) is 5.69 Å². The molecule has 0 radical (unpaired) electrons. The summed E-state index contributed by atoms with van der Waals surface area (Å²) in [5.41, 5.74) is 5.42. The Labute approximate surface area is 211 Å². The van der Waals surface area contributed by atoms with E-state index in [4.69, 9.17) is 4.98 Å². The smallest absolute Gasteiger partial charge is 0.232 e. The Hall–Kier alpha value is -3.63. The fourth-order valence-corrected chi connectivity index (χ4v) is 5.02. The maximum absolute atomic E-state index is 12.2. The maximum atomic E-state index is 12.2. The SMILES string of the molecule is CCS(=O)(=O)Nc1ccc(C)cc1Cn1ccc2cnc(Nc3ccc(N4CCNCC4)cc3)nc21. The molecule has 3 N–H and O–H groups in total.